The average Bonchev–Trinajstić information content (AvgIpc) is 3.03. The molecule has 1 N–H and O–H groups in total. The first-order chi connectivity index (χ1) is 12.4. The van der Waals surface area contributed by atoms with Gasteiger partial charge in [0.2, 0.25) is 0 Å². The van der Waals surface area contributed by atoms with E-state index in [2.05, 4.69) is 17.2 Å². The van der Waals surface area contributed by atoms with Crippen LogP contribution in [0.15, 0.2) is 15.9 Å². The molecular weight excluding hydrogens is 342 g/mol. The minimum absolute atomic E-state index is 0.121. The highest BCUT2D eigenvalue weighted by molar-refractivity contribution is 5.81. The van der Waals surface area contributed by atoms with Gasteiger partial charge in [-0.05, 0) is 6.42 Å². The highest BCUT2D eigenvalue weighted by atomic mass is 16.5. The van der Waals surface area contributed by atoms with Gasteiger partial charge in [-0.15, -0.1) is 0 Å². The minimum Gasteiger partial charge on any atom is -0.454 e. The summed E-state index contributed by atoms with van der Waals surface area (Å²) >= 11 is 0. The molecule has 0 aliphatic heterocycles. The van der Waals surface area contributed by atoms with Crippen molar-refractivity contribution in [3.05, 3.63) is 27.2 Å². The molecule has 2 heterocycles. The van der Waals surface area contributed by atoms with Crippen LogP contribution in [0.2, 0.25) is 0 Å². The van der Waals surface area contributed by atoms with Gasteiger partial charge in [0.05, 0.1) is 6.33 Å². The number of imidazole rings is 1. The molecule has 26 heavy (non-hydrogen) atoms. The number of fused-ring (bicyclic) bond motifs is 1. The third-order valence-corrected chi connectivity index (χ3v) is 3.98. The van der Waals surface area contributed by atoms with Crippen LogP contribution in [0.4, 0.5) is 0 Å². The second-order valence-corrected chi connectivity index (χ2v) is 5.97. The Morgan fingerprint density at radius 3 is 2.62 bits per heavy atom. The van der Waals surface area contributed by atoms with E-state index in [-0.39, 0.29) is 30.2 Å². The molecule has 0 bridgehead atoms. The van der Waals surface area contributed by atoms with Crippen LogP contribution < -0.4 is 16.6 Å². The summed E-state index contributed by atoms with van der Waals surface area (Å²) in [7, 11) is 2.84. The quantitative estimate of drug-likeness (QED) is 0.487. The van der Waals surface area contributed by atoms with Crippen molar-refractivity contribution in [3.8, 4) is 0 Å². The third-order valence-electron chi connectivity index (χ3n) is 3.98. The molecule has 2 aromatic heterocycles. The fraction of sp³-hybridized carbons (Fsp3) is 0.562. The fourth-order valence-corrected chi connectivity index (χ4v) is 2.50. The van der Waals surface area contributed by atoms with Gasteiger partial charge in [0.25, 0.3) is 11.5 Å². The molecule has 10 nitrogen and oxygen atoms in total. The second kappa shape index (κ2) is 8.45. The van der Waals surface area contributed by atoms with Crippen molar-refractivity contribution in [3.63, 3.8) is 0 Å². The summed E-state index contributed by atoms with van der Waals surface area (Å²) in [4.78, 5) is 51.7. The van der Waals surface area contributed by atoms with Crippen molar-refractivity contribution >= 4 is 23.0 Å². The normalized spacial score (nSPS) is 10.9. The van der Waals surface area contributed by atoms with Gasteiger partial charge in [-0.3, -0.25) is 23.5 Å². The Morgan fingerprint density at radius 2 is 1.92 bits per heavy atom. The van der Waals surface area contributed by atoms with Crippen molar-refractivity contribution in [2.24, 2.45) is 14.1 Å². The molecule has 0 spiro atoms. The molecule has 0 aliphatic carbocycles. The highest BCUT2D eigenvalue weighted by Gasteiger charge is 2.16. The molecule has 0 fully saturated rings. The monoisotopic (exact) mass is 365 g/mol. The third kappa shape index (κ3) is 4.19. The lowest BCUT2D eigenvalue weighted by Gasteiger charge is -2.08. The second-order valence-electron chi connectivity index (χ2n) is 5.97. The Balaban J connectivity index is 2.01. The number of nitrogens with one attached hydrogen (secondary N) is 1. The highest BCUT2D eigenvalue weighted by Crippen LogP contribution is 2.05. The van der Waals surface area contributed by atoms with Gasteiger partial charge < -0.3 is 14.6 Å². The van der Waals surface area contributed by atoms with Crippen LogP contribution in [0.1, 0.15) is 26.2 Å². The summed E-state index contributed by atoms with van der Waals surface area (Å²) < 4.78 is 8.40. The number of aromatic nitrogens is 4. The van der Waals surface area contributed by atoms with Crippen molar-refractivity contribution in [1.29, 1.82) is 0 Å². The SMILES string of the molecule is CCCCCNC(=O)COC(=O)Cn1cnc2c1c(=O)n(C)c(=O)n2C. The van der Waals surface area contributed by atoms with E-state index in [4.69, 9.17) is 4.74 Å². The molecule has 0 aliphatic rings. The Labute approximate surface area is 149 Å². The topological polar surface area (TPSA) is 117 Å². The molecule has 0 unspecified atom stereocenters. The maximum absolute atomic E-state index is 12.3. The van der Waals surface area contributed by atoms with E-state index in [1.807, 2.05) is 0 Å². The van der Waals surface area contributed by atoms with Crippen LogP contribution in [0, 0.1) is 0 Å². The molecule has 0 radical (unpaired) electrons. The van der Waals surface area contributed by atoms with Gasteiger partial charge in [-0.1, -0.05) is 19.8 Å². The van der Waals surface area contributed by atoms with Gasteiger partial charge in [-0.25, -0.2) is 9.78 Å². The van der Waals surface area contributed by atoms with Crippen LogP contribution in [0.25, 0.3) is 11.2 Å². The summed E-state index contributed by atoms with van der Waals surface area (Å²) in [5, 5.41) is 2.66. The number of ether oxygens (including phenoxy) is 1. The Kier molecular flexibility index (Phi) is 6.31. The summed E-state index contributed by atoms with van der Waals surface area (Å²) in [6.07, 6.45) is 4.23. The van der Waals surface area contributed by atoms with E-state index < -0.39 is 17.2 Å². The summed E-state index contributed by atoms with van der Waals surface area (Å²) in [6, 6.07) is 0. The minimum atomic E-state index is -0.677. The number of esters is 1. The molecule has 0 saturated carbocycles. The summed E-state index contributed by atoms with van der Waals surface area (Å²) in [5.41, 5.74) is -0.757. The van der Waals surface area contributed by atoms with Gasteiger partial charge in [0, 0.05) is 20.6 Å². The molecule has 10 heteroatoms. The Morgan fingerprint density at radius 1 is 1.19 bits per heavy atom. The number of aryl methyl sites for hydroxylation is 1. The number of hydrogen-bond donors (Lipinski definition) is 1. The zero-order valence-corrected chi connectivity index (χ0v) is 15.2. The fourth-order valence-electron chi connectivity index (χ4n) is 2.50. The standard InChI is InChI=1S/C16H23N5O5/c1-4-5-6-7-17-11(22)9-26-12(23)8-21-10-18-14-13(21)15(24)20(3)16(25)19(14)2/h10H,4-9H2,1-3H3,(H,17,22). The van der Waals surface area contributed by atoms with E-state index in [1.54, 1.807) is 0 Å². The number of carbonyl (C=O) groups excluding carboxylic acids is 2. The van der Waals surface area contributed by atoms with Gasteiger partial charge in [0.15, 0.2) is 17.8 Å². The van der Waals surface area contributed by atoms with Gasteiger partial charge in [0.1, 0.15) is 6.54 Å². The molecule has 0 saturated heterocycles. The van der Waals surface area contributed by atoms with Gasteiger partial charge in [-0.2, -0.15) is 0 Å². The first-order valence-electron chi connectivity index (χ1n) is 8.40. The smallest absolute Gasteiger partial charge is 0.332 e. The lowest BCUT2D eigenvalue weighted by atomic mass is 10.2. The Hall–Kier alpha value is -2.91. The number of carbonyl (C=O) groups is 2. The zero-order chi connectivity index (χ0) is 19.3. The molecule has 0 atom stereocenters. The number of unbranched alkanes of at least 4 members (excludes halogenated alkanes) is 2. The van der Waals surface area contributed by atoms with Crippen LogP contribution in [0.3, 0.4) is 0 Å². The van der Waals surface area contributed by atoms with Crippen LogP contribution in [-0.4, -0.2) is 43.7 Å². The molecule has 2 aromatic rings. The Bertz CT molecular complexity index is 923. The number of rotatable bonds is 8. The molecule has 2 rings (SSSR count). The molecular formula is C16H23N5O5. The van der Waals surface area contributed by atoms with Gasteiger partial charge >= 0.3 is 11.7 Å². The predicted molar refractivity (Wildman–Crippen MR) is 93.7 cm³/mol. The molecule has 142 valence electrons. The first-order valence-corrected chi connectivity index (χ1v) is 8.40. The maximum Gasteiger partial charge on any atom is 0.332 e. The van der Waals surface area contributed by atoms with Crippen LogP contribution in [-0.2, 0) is 35.0 Å². The number of nitrogens with zero attached hydrogens (tertiary/aromatic N) is 4. The first kappa shape index (κ1) is 19.4. The molecule has 1 amide bonds. The van der Waals surface area contributed by atoms with E-state index in [0.717, 1.165) is 23.8 Å². The summed E-state index contributed by atoms with van der Waals surface area (Å²) in [5.74, 6) is -1.05. The van der Waals surface area contributed by atoms with Crippen molar-refractivity contribution in [2.75, 3.05) is 13.2 Å². The largest absolute Gasteiger partial charge is 0.454 e. The lowest BCUT2D eigenvalue weighted by molar-refractivity contribution is -0.149. The van der Waals surface area contributed by atoms with Crippen LogP contribution in [0.5, 0.6) is 0 Å². The predicted octanol–water partition coefficient (Wildman–Crippen LogP) is -0.717. The maximum atomic E-state index is 12.3. The van der Waals surface area contributed by atoms with Crippen molar-refractivity contribution in [1.82, 2.24) is 24.0 Å². The molecule has 0 aromatic carbocycles. The van der Waals surface area contributed by atoms with E-state index in [1.165, 1.54) is 29.6 Å². The van der Waals surface area contributed by atoms with Crippen molar-refractivity contribution < 1.29 is 14.3 Å². The number of amides is 1. The van der Waals surface area contributed by atoms with Crippen LogP contribution >= 0.6 is 0 Å². The van der Waals surface area contributed by atoms with E-state index >= 15 is 0 Å². The summed E-state index contributed by atoms with van der Waals surface area (Å²) in [6.45, 7) is 1.94. The van der Waals surface area contributed by atoms with E-state index in [9.17, 15) is 19.2 Å². The van der Waals surface area contributed by atoms with E-state index in [0.29, 0.717) is 6.54 Å². The van der Waals surface area contributed by atoms with Crippen molar-refractivity contribution in [2.45, 2.75) is 32.7 Å². The lowest BCUT2D eigenvalue weighted by Crippen LogP contribution is -2.37. The number of hydrogen-bond acceptors (Lipinski definition) is 6. The average molecular weight is 365 g/mol. The zero-order valence-electron chi connectivity index (χ0n) is 15.2.